The number of carboxylic acid groups (broad SMARTS) is 1. The van der Waals surface area contributed by atoms with Crippen LogP contribution in [0, 0.1) is 0 Å². The Labute approximate surface area is 115 Å². The van der Waals surface area contributed by atoms with Crippen LogP contribution < -0.4 is 5.32 Å². The third kappa shape index (κ3) is 2.57. The highest BCUT2D eigenvalue weighted by molar-refractivity contribution is 9.10. The molecule has 2 heterocycles. The third-order valence-electron chi connectivity index (χ3n) is 2.12. The normalized spacial score (nSPS) is 10.1. The average molecular weight is 327 g/mol. The van der Waals surface area contributed by atoms with Gasteiger partial charge >= 0.3 is 5.97 Å². The molecule has 1 amide bonds. The van der Waals surface area contributed by atoms with Crippen molar-refractivity contribution in [2.24, 2.45) is 0 Å². The summed E-state index contributed by atoms with van der Waals surface area (Å²) < 4.78 is 0.672. The molecule has 0 spiro atoms. The Kier molecular flexibility index (Phi) is 3.73. The molecule has 0 saturated carbocycles. The summed E-state index contributed by atoms with van der Waals surface area (Å²) in [5, 5.41) is 13.3. The number of nitrogens with zero attached hydrogens (tertiary/aromatic N) is 1. The fraction of sp³-hybridized carbons (Fsp3) is 0. The van der Waals surface area contributed by atoms with Crippen molar-refractivity contribution in [2.45, 2.75) is 0 Å². The van der Waals surface area contributed by atoms with Gasteiger partial charge in [-0.3, -0.25) is 9.78 Å². The summed E-state index contributed by atoms with van der Waals surface area (Å²) in [6, 6.07) is 3.09. The van der Waals surface area contributed by atoms with Crippen LogP contribution >= 0.6 is 27.3 Å². The van der Waals surface area contributed by atoms with Crippen molar-refractivity contribution in [2.75, 3.05) is 5.32 Å². The van der Waals surface area contributed by atoms with Gasteiger partial charge in [0.25, 0.3) is 5.91 Å². The van der Waals surface area contributed by atoms with Crippen LogP contribution in [0.5, 0.6) is 0 Å². The minimum Gasteiger partial charge on any atom is -0.478 e. The summed E-state index contributed by atoms with van der Waals surface area (Å²) in [7, 11) is 0. The molecule has 18 heavy (non-hydrogen) atoms. The number of anilines is 1. The molecule has 0 aliphatic rings. The fourth-order valence-electron chi connectivity index (χ4n) is 1.32. The lowest BCUT2D eigenvalue weighted by Gasteiger charge is -2.06. The molecular formula is C11H7BrN2O3S. The van der Waals surface area contributed by atoms with E-state index in [1.165, 1.54) is 29.8 Å². The molecule has 0 fully saturated rings. The van der Waals surface area contributed by atoms with Crippen LogP contribution in [0.1, 0.15) is 20.0 Å². The van der Waals surface area contributed by atoms with Gasteiger partial charge in [0.2, 0.25) is 0 Å². The molecule has 7 heteroatoms. The van der Waals surface area contributed by atoms with E-state index in [4.69, 9.17) is 5.11 Å². The van der Waals surface area contributed by atoms with Gasteiger partial charge in [-0.1, -0.05) is 0 Å². The van der Waals surface area contributed by atoms with E-state index in [2.05, 4.69) is 26.2 Å². The lowest BCUT2D eigenvalue weighted by atomic mass is 10.2. The lowest BCUT2D eigenvalue weighted by molar-refractivity contribution is 0.0698. The quantitative estimate of drug-likeness (QED) is 0.908. The Morgan fingerprint density at radius 1 is 1.39 bits per heavy atom. The molecule has 0 aromatic carbocycles. The largest absolute Gasteiger partial charge is 0.478 e. The number of aromatic nitrogens is 1. The van der Waals surface area contributed by atoms with Gasteiger partial charge < -0.3 is 10.4 Å². The second-order valence-electron chi connectivity index (χ2n) is 3.28. The van der Waals surface area contributed by atoms with Crippen LogP contribution in [0.25, 0.3) is 0 Å². The summed E-state index contributed by atoms with van der Waals surface area (Å²) in [6.07, 6.45) is 2.67. The standard InChI is InChI=1S/C11H7BrN2O3S/c12-7-2-4-18-9(7)10(15)14-8-5-13-3-1-6(8)11(16)17/h1-5H,(H,14,15)(H,16,17). The first-order valence-corrected chi connectivity index (χ1v) is 6.48. The number of halogens is 1. The topological polar surface area (TPSA) is 79.3 Å². The maximum atomic E-state index is 11.9. The number of hydrogen-bond acceptors (Lipinski definition) is 4. The number of thiophene rings is 1. The van der Waals surface area contributed by atoms with Crippen molar-refractivity contribution in [3.63, 3.8) is 0 Å². The van der Waals surface area contributed by atoms with Crippen LogP contribution in [0.3, 0.4) is 0 Å². The SMILES string of the molecule is O=C(O)c1ccncc1NC(=O)c1sccc1Br. The molecule has 0 aliphatic heterocycles. The van der Waals surface area contributed by atoms with Crippen molar-refractivity contribution < 1.29 is 14.7 Å². The van der Waals surface area contributed by atoms with Crippen LogP contribution in [0.4, 0.5) is 5.69 Å². The number of aromatic carboxylic acids is 1. The monoisotopic (exact) mass is 326 g/mol. The molecule has 0 aliphatic carbocycles. The Morgan fingerprint density at radius 3 is 2.78 bits per heavy atom. The zero-order valence-electron chi connectivity index (χ0n) is 8.88. The molecule has 92 valence electrons. The van der Waals surface area contributed by atoms with Gasteiger partial charge in [-0.25, -0.2) is 4.79 Å². The summed E-state index contributed by atoms with van der Waals surface area (Å²) in [4.78, 5) is 27.2. The maximum absolute atomic E-state index is 11.9. The first-order chi connectivity index (χ1) is 8.59. The maximum Gasteiger partial charge on any atom is 0.337 e. The van der Waals surface area contributed by atoms with Gasteiger partial charge in [0.15, 0.2) is 0 Å². The van der Waals surface area contributed by atoms with Gasteiger partial charge in [0.1, 0.15) is 4.88 Å². The number of amides is 1. The van der Waals surface area contributed by atoms with E-state index in [1.807, 2.05) is 0 Å². The Bertz CT molecular complexity index is 612. The second-order valence-corrected chi connectivity index (χ2v) is 5.05. The van der Waals surface area contributed by atoms with Crippen molar-refractivity contribution in [3.05, 3.63) is 44.8 Å². The molecular weight excluding hydrogens is 320 g/mol. The van der Waals surface area contributed by atoms with Gasteiger partial charge in [-0.05, 0) is 33.4 Å². The molecule has 0 radical (unpaired) electrons. The molecule has 0 unspecified atom stereocenters. The van der Waals surface area contributed by atoms with Gasteiger partial charge in [-0.2, -0.15) is 0 Å². The summed E-state index contributed by atoms with van der Waals surface area (Å²) in [6.45, 7) is 0. The van der Waals surface area contributed by atoms with E-state index in [-0.39, 0.29) is 17.2 Å². The van der Waals surface area contributed by atoms with E-state index in [0.717, 1.165) is 0 Å². The van der Waals surface area contributed by atoms with Crippen molar-refractivity contribution in [1.29, 1.82) is 0 Å². The Hall–Kier alpha value is -1.73. The van der Waals surface area contributed by atoms with E-state index in [9.17, 15) is 9.59 Å². The molecule has 0 bridgehead atoms. The number of rotatable bonds is 3. The zero-order chi connectivity index (χ0) is 13.1. The summed E-state index contributed by atoms with van der Waals surface area (Å²) in [5.41, 5.74) is 0.182. The lowest BCUT2D eigenvalue weighted by Crippen LogP contribution is -2.14. The first kappa shape index (κ1) is 12.7. The number of carbonyl (C=O) groups is 2. The van der Waals surface area contributed by atoms with E-state index >= 15 is 0 Å². The number of hydrogen-bond donors (Lipinski definition) is 2. The summed E-state index contributed by atoms with van der Waals surface area (Å²) >= 11 is 4.51. The van der Waals surface area contributed by atoms with E-state index in [1.54, 1.807) is 11.4 Å². The molecule has 2 aromatic heterocycles. The second kappa shape index (κ2) is 5.28. The minimum absolute atomic E-state index is 0.00558. The predicted molar refractivity (Wildman–Crippen MR) is 71.2 cm³/mol. The summed E-state index contributed by atoms with van der Waals surface area (Å²) in [5.74, 6) is -1.48. The Morgan fingerprint density at radius 2 is 2.17 bits per heavy atom. The zero-order valence-corrected chi connectivity index (χ0v) is 11.3. The molecule has 2 N–H and O–H groups in total. The van der Waals surface area contributed by atoms with E-state index < -0.39 is 5.97 Å². The minimum atomic E-state index is -1.11. The molecule has 5 nitrogen and oxygen atoms in total. The smallest absolute Gasteiger partial charge is 0.337 e. The van der Waals surface area contributed by atoms with E-state index in [0.29, 0.717) is 9.35 Å². The number of pyridine rings is 1. The van der Waals surface area contributed by atoms with Crippen molar-refractivity contribution in [3.8, 4) is 0 Å². The number of nitrogens with one attached hydrogen (secondary N) is 1. The predicted octanol–water partition coefficient (Wildman–Crippen LogP) is 2.86. The van der Waals surface area contributed by atoms with Gasteiger partial charge in [-0.15, -0.1) is 11.3 Å². The number of carbonyl (C=O) groups excluding carboxylic acids is 1. The van der Waals surface area contributed by atoms with Crippen LogP contribution in [0.15, 0.2) is 34.4 Å². The molecule has 2 rings (SSSR count). The molecule has 0 saturated heterocycles. The van der Waals surface area contributed by atoms with Crippen molar-refractivity contribution >= 4 is 44.8 Å². The third-order valence-corrected chi connectivity index (χ3v) is 3.96. The highest BCUT2D eigenvalue weighted by Crippen LogP contribution is 2.24. The molecule has 0 atom stereocenters. The highest BCUT2D eigenvalue weighted by atomic mass is 79.9. The van der Waals surface area contributed by atoms with Crippen LogP contribution in [0.2, 0.25) is 0 Å². The first-order valence-electron chi connectivity index (χ1n) is 4.81. The van der Waals surface area contributed by atoms with Gasteiger partial charge in [0, 0.05) is 10.7 Å². The van der Waals surface area contributed by atoms with Crippen LogP contribution in [-0.2, 0) is 0 Å². The number of carboxylic acids is 1. The molecule has 2 aromatic rings. The van der Waals surface area contributed by atoms with Crippen LogP contribution in [-0.4, -0.2) is 22.0 Å². The average Bonchev–Trinajstić information content (AvgIpc) is 2.76. The van der Waals surface area contributed by atoms with Gasteiger partial charge in [0.05, 0.1) is 17.4 Å². The highest BCUT2D eigenvalue weighted by Gasteiger charge is 2.16. The fourth-order valence-corrected chi connectivity index (χ4v) is 2.76. The van der Waals surface area contributed by atoms with Crippen molar-refractivity contribution in [1.82, 2.24) is 4.98 Å². The Balaban J connectivity index is 2.28.